The number of benzene rings is 1. The van der Waals surface area contributed by atoms with Crippen LogP contribution in [-0.4, -0.2) is 17.9 Å². The minimum absolute atomic E-state index is 0.0293. The van der Waals surface area contributed by atoms with Crippen LogP contribution in [0, 0.1) is 3.70 Å². The standard InChI is InChI=1S/C12H10INO2/c1-7(15)10-6-8-5-9(16-2)3-4-11(8)14-12(10)13/h3-6H,1-2H3. The Morgan fingerprint density at radius 1 is 1.38 bits per heavy atom. The third-order valence-corrected chi connectivity index (χ3v) is 3.18. The van der Waals surface area contributed by atoms with Gasteiger partial charge in [-0.2, -0.15) is 0 Å². The van der Waals surface area contributed by atoms with Crippen LogP contribution >= 0.6 is 22.6 Å². The van der Waals surface area contributed by atoms with Gasteiger partial charge < -0.3 is 4.74 Å². The maximum absolute atomic E-state index is 11.4. The summed E-state index contributed by atoms with van der Waals surface area (Å²) in [5.41, 5.74) is 1.52. The van der Waals surface area contributed by atoms with Gasteiger partial charge in [-0.1, -0.05) is 0 Å². The summed E-state index contributed by atoms with van der Waals surface area (Å²) < 4.78 is 5.88. The number of fused-ring (bicyclic) bond motifs is 1. The molecule has 0 amide bonds. The molecule has 0 atom stereocenters. The molecule has 0 radical (unpaired) electrons. The van der Waals surface area contributed by atoms with Crippen molar-refractivity contribution in [3.05, 3.63) is 33.5 Å². The fourth-order valence-corrected chi connectivity index (χ4v) is 2.30. The van der Waals surface area contributed by atoms with Crippen molar-refractivity contribution in [2.24, 2.45) is 0 Å². The lowest BCUT2D eigenvalue weighted by Gasteiger charge is -2.05. The van der Waals surface area contributed by atoms with E-state index in [9.17, 15) is 4.79 Å². The second-order valence-corrected chi connectivity index (χ2v) is 4.46. The Kier molecular flexibility index (Phi) is 3.09. The predicted molar refractivity (Wildman–Crippen MR) is 71.0 cm³/mol. The zero-order valence-corrected chi connectivity index (χ0v) is 11.1. The number of methoxy groups -OCH3 is 1. The fraction of sp³-hybridized carbons (Fsp3) is 0.167. The van der Waals surface area contributed by atoms with Gasteiger partial charge in [0.25, 0.3) is 0 Å². The van der Waals surface area contributed by atoms with E-state index in [2.05, 4.69) is 27.6 Å². The SMILES string of the molecule is COc1ccc2nc(I)c(C(C)=O)cc2c1. The topological polar surface area (TPSA) is 39.2 Å². The second kappa shape index (κ2) is 4.37. The quantitative estimate of drug-likeness (QED) is 0.483. The molecule has 0 fully saturated rings. The molecule has 0 aliphatic rings. The average molecular weight is 327 g/mol. The van der Waals surface area contributed by atoms with Gasteiger partial charge in [0.1, 0.15) is 9.45 Å². The highest BCUT2D eigenvalue weighted by Crippen LogP contribution is 2.23. The van der Waals surface area contributed by atoms with Gasteiger partial charge in [0.2, 0.25) is 0 Å². The first-order valence-electron chi connectivity index (χ1n) is 4.77. The first kappa shape index (κ1) is 11.3. The summed E-state index contributed by atoms with van der Waals surface area (Å²) in [6.07, 6.45) is 0. The van der Waals surface area contributed by atoms with Crippen LogP contribution in [0.2, 0.25) is 0 Å². The molecule has 0 bridgehead atoms. The van der Waals surface area contributed by atoms with Gasteiger partial charge in [-0.25, -0.2) is 4.98 Å². The zero-order chi connectivity index (χ0) is 11.7. The predicted octanol–water partition coefficient (Wildman–Crippen LogP) is 3.05. The number of ketones is 1. The highest BCUT2D eigenvalue weighted by atomic mass is 127. The molecule has 3 nitrogen and oxygen atoms in total. The number of hydrogen-bond acceptors (Lipinski definition) is 3. The van der Waals surface area contributed by atoms with Crippen LogP contribution in [0.5, 0.6) is 5.75 Å². The summed E-state index contributed by atoms with van der Waals surface area (Å²) in [5, 5.41) is 0.921. The maximum atomic E-state index is 11.4. The number of aromatic nitrogens is 1. The Bertz CT molecular complexity index is 566. The van der Waals surface area contributed by atoms with Gasteiger partial charge in [-0.15, -0.1) is 0 Å². The van der Waals surface area contributed by atoms with Crippen LogP contribution in [0.4, 0.5) is 0 Å². The van der Waals surface area contributed by atoms with Crippen molar-refractivity contribution in [2.45, 2.75) is 6.92 Å². The van der Waals surface area contributed by atoms with Gasteiger partial charge in [0.15, 0.2) is 5.78 Å². The molecular formula is C12H10INO2. The fourth-order valence-electron chi connectivity index (χ4n) is 1.50. The van der Waals surface area contributed by atoms with Crippen molar-refractivity contribution in [3.63, 3.8) is 0 Å². The molecule has 1 heterocycles. The number of rotatable bonds is 2. The molecule has 4 heteroatoms. The molecule has 0 saturated heterocycles. The Hall–Kier alpha value is -1.17. The molecule has 0 aliphatic heterocycles. The molecule has 2 rings (SSSR count). The Balaban J connectivity index is 2.70. The Morgan fingerprint density at radius 2 is 2.12 bits per heavy atom. The first-order chi connectivity index (χ1) is 7.61. The highest BCUT2D eigenvalue weighted by Gasteiger charge is 2.08. The molecular weight excluding hydrogens is 317 g/mol. The van der Waals surface area contributed by atoms with Crippen molar-refractivity contribution in [1.82, 2.24) is 4.98 Å². The normalized spacial score (nSPS) is 10.4. The number of carbonyl (C=O) groups is 1. The summed E-state index contributed by atoms with van der Waals surface area (Å²) in [6, 6.07) is 7.49. The van der Waals surface area contributed by atoms with Crippen molar-refractivity contribution in [3.8, 4) is 5.75 Å². The van der Waals surface area contributed by atoms with Gasteiger partial charge in [-0.3, -0.25) is 4.79 Å². The minimum Gasteiger partial charge on any atom is -0.497 e. The molecule has 2 aromatic rings. The van der Waals surface area contributed by atoms with Crippen LogP contribution < -0.4 is 4.74 Å². The van der Waals surface area contributed by atoms with E-state index in [-0.39, 0.29) is 5.78 Å². The number of Topliss-reactive ketones (excluding diaryl/α,β-unsaturated/α-hetero) is 1. The van der Waals surface area contributed by atoms with E-state index >= 15 is 0 Å². The van der Waals surface area contributed by atoms with Gasteiger partial charge in [0.05, 0.1) is 12.6 Å². The molecule has 0 saturated carbocycles. The molecule has 0 spiro atoms. The third-order valence-electron chi connectivity index (χ3n) is 2.35. The minimum atomic E-state index is 0.0293. The lowest BCUT2D eigenvalue weighted by Crippen LogP contribution is -1.99. The Morgan fingerprint density at radius 3 is 2.75 bits per heavy atom. The number of ether oxygens (including phenoxy) is 1. The maximum Gasteiger partial charge on any atom is 0.162 e. The number of nitrogens with zero attached hydrogens (tertiary/aromatic N) is 1. The molecule has 1 aromatic heterocycles. The van der Waals surface area contributed by atoms with Crippen LogP contribution in [-0.2, 0) is 0 Å². The molecule has 0 N–H and O–H groups in total. The third kappa shape index (κ3) is 2.02. The summed E-state index contributed by atoms with van der Waals surface area (Å²) in [5.74, 6) is 0.798. The van der Waals surface area contributed by atoms with Crippen molar-refractivity contribution in [1.29, 1.82) is 0 Å². The number of halogens is 1. The smallest absolute Gasteiger partial charge is 0.162 e. The first-order valence-corrected chi connectivity index (χ1v) is 5.85. The summed E-state index contributed by atoms with van der Waals surface area (Å²) in [6.45, 7) is 1.55. The lowest BCUT2D eigenvalue weighted by molar-refractivity contribution is 0.101. The highest BCUT2D eigenvalue weighted by molar-refractivity contribution is 14.1. The van der Waals surface area contributed by atoms with Crippen molar-refractivity contribution < 1.29 is 9.53 Å². The van der Waals surface area contributed by atoms with Gasteiger partial charge in [-0.05, 0) is 53.8 Å². The number of hydrogen-bond donors (Lipinski definition) is 0. The largest absolute Gasteiger partial charge is 0.497 e. The van der Waals surface area contributed by atoms with Crippen molar-refractivity contribution >= 4 is 39.3 Å². The van der Waals surface area contributed by atoms with E-state index in [0.29, 0.717) is 5.56 Å². The molecule has 1 aromatic carbocycles. The van der Waals surface area contributed by atoms with Crippen molar-refractivity contribution in [2.75, 3.05) is 7.11 Å². The van der Waals surface area contributed by atoms with E-state index in [1.807, 2.05) is 24.3 Å². The average Bonchev–Trinajstić information content (AvgIpc) is 2.27. The summed E-state index contributed by atoms with van der Waals surface area (Å²) in [7, 11) is 1.62. The van der Waals surface area contributed by atoms with E-state index < -0.39 is 0 Å². The van der Waals surface area contributed by atoms with Crippen LogP contribution in [0.15, 0.2) is 24.3 Å². The Labute approximate surface area is 107 Å². The molecule has 0 unspecified atom stereocenters. The lowest BCUT2D eigenvalue weighted by atomic mass is 10.1. The number of pyridine rings is 1. The summed E-state index contributed by atoms with van der Waals surface area (Å²) in [4.78, 5) is 15.8. The zero-order valence-electron chi connectivity index (χ0n) is 8.95. The second-order valence-electron chi connectivity index (χ2n) is 3.44. The monoisotopic (exact) mass is 327 g/mol. The van der Waals surface area contributed by atoms with Gasteiger partial charge in [0, 0.05) is 10.9 Å². The van der Waals surface area contributed by atoms with Crippen LogP contribution in [0.25, 0.3) is 10.9 Å². The van der Waals surface area contributed by atoms with E-state index in [1.165, 1.54) is 0 Å². The van der Waals surface area contributed by atoms with E-state index in [4.69, 9.17) is 4.74 Å². The molecule has 0 aliphatic carbocycles. The molecule has 16 heavy (non-hydrogen) atoms. The van der Waals surface area contributed by atoms with E-state index in [1.54, 1.807) is 14.0 Å². The number of carbonyl (C=O) groups excluding carboxylic acids is 1. The van der Waals surface area contributed by atoms with Gasteiger partial charge >= 0.3 is 0 Å². The summed E-state index contributed by atoms with van der Waals surface area (Å²) >= 11 is 2.08. The van der Waals surface area contributed by atoms with Crippen LogP contribution in [0.1, 0.15) is 17.3 Å². The van der Waals surface area contributed by atoms with Crippen LogP contribution in [0.3, 0.4) is 0 Å². The molecule has 82 valence electrons. The van der Waals surface area contributed by atoms with E-state index in [0.717, 1.165) is 20.4 Å².